The normalized spacial score (nSPS) is 57.3. The van der Waals surface area contributed by atoms with Gasteiger partial charge in [0.1, 0.15) is 42.7 Å². The average molecular weight is 801 g/mol. The number of aliphatic hydroxyl groups excluding tert-OH is 8. The van der Waals surface area contributed by atoms with Crippen LogP contribution in [0.2, 0.25) is 0 Å². The summed E-state index contributed by atoms with van der Waals surface area (Å²) in [6.07, 6.45) is -11.0. The Morgan fingerprint density at radius 1 is 0.732 bits per heavy atom. The first-order valence-corrected chi connectivity index (χ1v) is 21.2. The number of rotatable bonds is 7. The number of fused-ring (bicyclic) bond motifs is 5. The monoisotopic (exact) mass is 800 g/mol. The molecule has 9 N–H and O–H groups in total. The second-order valence-electron chi connectivity index (χ2n) is 21.2. The molecule has 14 heteroatoms. The molecule has 7 fully saturated rings. The van der Waals surface area contributed by atoms with Gasteiger partial charge in [-0.15, -0.1) is 0 Å². The Bertz CT molecular complexity index is 1430. The van der Waals surface area contributed by atoms with E-state index in [1.165, 1.54) is 6.92 Å². The number of hydrogen-bond acceptors (Lipinski definition) is 14. The minimum atomic E-state index is -1.70. The van der Waals surface area contributed by atoms with Gasteiger partial charge in [0, 0.05) is 0 Å². The summed E-state index contributed by atoms with van der Waals surface area (Å²) < 4.78 is 32.0. The van der Waals surface area contributed by atoms with Gasteiger partial charge >= 0.3 is 0 Å². The lowest BCUT2D eigenvalue weighted by molar-refractivity contribution is -0.382. The summed E-state index contributed by atoms with van der Waals surface area (Å²) in [4.78, 5) is 0. The van der Waals surface area contributed by atoms with Crippen molar-refractivity contribution in [3.63, 3.8) is 0 Å². The Morgan fingerprint density at radius 2 is 1.41 bits per heavy atom. The summed E-state index contributed by atoms with van der Waals surface area (Å²) >= 11 is 0. The van der Waals surface area contributed by atoms with Crippen molar-refractivity contribution in [2.24, 2.45) is 45.3 Å². The van der Waals surface area contributed by atoms with Gasteiger partial charge in [0.15, 0.2) is 12.6 Å². The molecule has 3 heterocycles. The van der Waals surface area contributed by atoms with Crippen molar-refractivity contribution < 1.29 is 69.6 Å². The topological polar surface area (TPSA) is 228 Å². The molecule has 0 amide bonds. The fourth-order valence-electron chi connectivity index (χ4n) is 14.1. The van der Waals surface area contributed by atoms with Gasteiger partial charge in [-0.2, -0.15) is 0 Å². The molecule has 22 atom stereocenters. The van der Waals surface area contributed by atoms with Gasteiger partial charge in [0.05, 0.1) is 48.3 Å². The summed E-state index contributed by atoms with van der Waals surface area (Å²) in [5.74, 6) is -0.246. The fourth-order valence-corrected chi connectivity index (χ4v) is 14.1. The quantitative estimate of drug-likeness (QED) is 0.166. The summed E-state index contributed by atoms with van der Waals surface area (Å²) in [6.45, 7) is 17.6. The van der Waals surface area contributed by atoms with Crippen molar-refractivity contribution >= 4 is 0 Å². The van der Waals surface area contributed by atoms with Gasteiger partial charge in [0.25, 0.3) is 0 Å². The second-order valence-corrected chi connectivity index (χ2v) is 21.2. The molecule has 0 aromatic carbocycles. The molecule has 3 aliphatic heterocycles. The van der Waals surface area contributed by atoms with Gasteiger partial charge in [-0.25, -0.2) is 0 Å². The zero-order valence-electron chi connectivity index (χ0n) is 34.8. The van der Waals surface area contributed by atoms with Gasteiger partial charge in [0.2, 0.25) is 0 Å². The zero-order chi connectivity index (χ0) is 41.3. The summed E-state index contributed by atoms with van der Waals surface area (Å²) in [7, 11) is 0. The largest absolute Gasteiger partial charge is 0.394 e. The van der Waals surface area contributed by atoms with E-state index in [0.29, 0.717) is 25.7 Å². The molecule has 4 aliphatic carbocycles. The Kier molecular flexibility index (Phi) is 11.3. The highest BCUT2D eigenvalue weighted by atomic mass is 16.8. The molecule has 324 valence electrons. The van der Waals surface area contributed by atoms with Crippen LogP contribution in [0.5, 0.6) is 0 Å². The summed E-state index contributed by atoms with van der Waals surface area (Å²) in [5, 5.41) is 99.5. The second kappa shape index (κ2) is 14.5. The highest BCUT2D eigenvalue weighted by Crippen LogP contribution is 2.76. The summed E-state index contributed by atoms with van der Waals surface area (Å²) in [5.41, 5.74) is -3.36. The van der Waals surface area contributed by atoms with Crippen molar-refractivity contribution in [3.05, 3.63) is 0 Å². The lowest BCUT2D eigenvalue weighted by Gasteiger charge is -2.72. The molecule has 0 bridgehead atoms. The Labute approximate surface area is 331 Å². The van der Waals surface area contributed by atoms with E-state index < -0.39 is 114 Å². The van der Waals surface area contributed by atoms with Gasteiger partial charge in [-0.05, 0) is 124 Å². The maximum Gasteiger partial charge on any atom is 0.187 e. The first-order chi connectivity index (χ1) is 25.9. The third-order valence-electron chi connectivity index (χ3n) is 17.3. The lowest BCUT2D eigenvalue weighted by Crippen LogP contribution is -2.71. The molecule has 7 aliphatic rings. The van der Waals surface area contributed by atoms with E-state index in [0.717, 1.165) is 25.7 Å². The molecule has 7 rings (SSSR count). The molecule has 56 heavy (non-hydrogen) atoms. The van der Waals surface area contributed by atoms with Crippen molar-refractivity contribution in [3.8, 4) is 0 Å². The zero-order valence-corrected chi connectivity index (χ0v) is 34.8. The van der Waals surface area contributed by atoms with Gasteiger partial charge in [-0.1, -0.05) is 34.6 Å². The van der Waals surface area contributed by atoms with Crippen LogP contribution in [0.25, 0.3) is 0 Å². The van der Waals surface area contributed by atoms with Crippen molar-refractivity contribution in [1.82, 2.24) is 0 Å². The third kappa shape index (κ3) is 6.49. The molecule has 3 unspecified atom stereocenters. The first kappa shape index (κ1) is 43.5. The minimum absolute atomic E-state index is 0.0557. The number of aliphatic hydroxyl groups is 9. The fraction of sp³-hybridized carbons (Fsp3) is 1.00. The molecule has 0 aromatic heterocycles. The third-order valence-corrected chi connectivity index (χ3v) is 17.3. The Morgan fingerprint density at radius 3 is 2.04 bits per heavy atom. The summed E-state index contributed by atoms with van der Waals surface area (Å²) in [6, 6.07) is 0. The van der Waals surface area contributed by atoms with Crippen LogP contribution in [0.15, 0.2) is 0 Å². The molecule has 0 radical (unpaired) electrons. The van der Waals surface area contributed by atoms with Crippen LogP contribution in [-0.4, -0.2) is 150 Å². The van der Waals surface area contributed by atoms with Gasteiger partial charge < -0.3 is 69.6 Å². The Balaban J connectivity index is 1.26. The van der Waals surface area contributed by atoms with Crippen molar-refractivity contribution in [2.75, 3.05) is 6.61 Å². The molecule has 0 aromatic rings. The molecule has 0 spiro atoms. The lowest BCUT2D eigenvalue weighted by atomic mass is 9.34. The van der Waals surface area contributed by atoms with Crippen LogP contribution in [0.3, 0.4) is 0 Å². The van der Waals surface area contributed by atoms with Crippen LogP contribution in [-0.2, 0) is 23.7 Å². The van der Waals surface area contributed by atoms with E-state index in [2.05, 4.69) is 41.5 Å². The smallest absolute Gasteiger partial charge is 0.187 e. The van der Waals surface area contributed by atoms with E-state index >= 15 is 0 Å². The Hall–Kier alpha value is -0.560. The van der Waals surface area contributed by atoms with Crippen LogP contribution < -0.4 is 0 Å². The molecular weight excluding hydrogens is 728 g/mol. The maximum absolute atomic E-state index is 12.4. The molecule has 3 saturated heterocycles. The SMILES string of the molecule is C[C@@H]1O[C@@H](O[C@H]2[C@H](O[C@@H]3C[C@]4(C)C(C[C@H](O)[C@H]5[C@@H]([C@]6(C)CC[C@H](C(C)(C)O)O6)CC[C@@]54C)[C@@]4(C)CCC(O)C(C)(C)C34)O[C@H](CO)[C@@H](O)[C@@H]2O)[C@H](O)[C@H](O)[C@H]1O. The molecule has 4 saturated carbocycles. The van der Waals surface area contributed by atoms with E-state index in [9.17, 15) is 46.0 Å². The van der Waals surface area contributed by atoms with Crippen LogP contribution in [0, 0.1) is 45.3 Å². The number of hydrogen-bond donors (Lipinski definition) is 9. The highest BCUT2D eigenvalue weighted by Gasteiger charge is 2.74. The standard InChI is InChI=1S/C42H72O14/c1-19-28(46)30(48)32(50)35(52-19)55-33-31(49)29(47)23(18-43)54-36(33)53-22-17-41(8)24(39(6)13-11-25(45)37(2,3)34(22)39)16-21(44)27-20(10-14-40(27,41)7)42(9)15-12-26(56-42)38(4,5)51/h19-36,43-51H,10-18H2,1-9H3/t19-,20-,21-,22+,23+,24?,25?,26+,27+,28-,29+,30+,31-,32+,33+,34?,35-,36+,39+,40-,41+,42-/m0/s1. The maximum atomic E-state index is 12.4. The van der Waals surface area contributed by atoms with E-state index in [-0.39, 0.29) is 35.2 Å². The van der Waals surface area contributed by atoms with Gasteiger partial charge in [-0.3, -0.25) is 0 Å². The van der Waals surface area contributed by atoms with Crippen LogP contribution in [0.4, 0.5) is 0 Å². The predicted molar refractivity (Wildman–Crippen MR) is 200 cm³/mol. The van der Waals surface area contributed by atoms with E-state index in [4.69, 9.17) is 23.7 Å². The van der Waals surface area contributed by atoms with Crippen molar-refractivity contribution in [2.45, 2.75) is 211 Å². The van der Waals surface area contributed by atoms with Crippen molar-refractivity contribution in [1.29, 1.82) is 0 Å². The van der Waals surface area contributed by atoms with E-state index in [1.807, 2.05) is 0 Å². The average Bonchev–Trinajstić information content (AvgIpc) is 3.71. The highest BCUT2D eigenvalue weighted by molar-refractivity contribution is 5.22. The molecule has 14 nitrogen and oxygen atoms in total. The minimum Gasteiger partial charge on any atom is -0.394 e. The number of ether oxygens (including phenoxy) is 5. The van der Waals surface area contributed by atoms with E-state index in [1.54, 1.807) is 13.8 Å². The predicted octanol–water partition coefficient (Wildman–Crippen LogP) is 1.36. The van der Waals surface area contributed by atoms with Crippen LogP contribution >= 0.6 is 0 Å². The molecular formula is C42H72O14. The first-order valence-electron chi connectivity index (χ1n) is 21.2. The van der Waals surface area contributed by atoms with Crippen LogP contribution in [0.1, 0.15) is 114 Å².